The van der Waals surface area contributed by atoms with Crippen molar-refractivity contribution < 1.29 is 47.9 Å². The molecule has 0 bridgehead atoms. The predicted molar refractivity (Wildman–Crippen MR) is 428 cm³/mol. The Labute approximate surface area is 638 Å². The number of amides is 10. The fourth-order valence-electron chi connectivity index (χ4n) is 13.4. The molecule has 0 radical (unpaired) electrons. The van der Waals surface area contributed by atoms with Crippen molar-refractivity contribution in [2.45, 2.75) is 24.7 Å². The van der Waals surface area contributed by atoms with Crippen molar-refractivity contribution in [3.63, 3.8) is 0 Å². The maximum Gasteiger partial charge on any atom is 0.261 e. The SMILES string of the molecule is CCCCSc1ccc2c3c(cccc13)C(=O)N(CCN(C)C)C2=O.CN(C)CCN1C(=O)c2cccc3c(Br)ccc(c23)C1=O.CN(C)CCN1C(=O)c2cccc3c(Cl)ccc(c23)C1=O.CN(C)CCN1C(=O)c2cccc3cccc(c23)C1=O.CSCCN1C(=O)c2cccc3cccc(c23)C1=O. The molecule has 0 unspecified atom stereocenters. The van der Waals surface area contributed by atoms with Gasteiger partial charge in [0.15, 0.2) is 0 Å². The Morgan fingerprint density at radius 1 is 0.330 bits per heavy atom. The van der Waals surface area contributed by atoms with Crippen molar-refractivity contribution in [1.82, 2.24) is 44.1 Å². The van der Waals surface area contributed by atoms with E-state index < -0.39 is 0 Å². The molecular weight excluding hydrogens is 1460 g/mol. The molecule has 0 saturated carbocycles. The van der Waals surface area contributed by atoms with Gasteiger partial charge in [-0.3, -0.25) is 72.4 Å². The van der Waals surface area contributed by atoms with Crippen LogP contribution in [0.3, 0.4) is 0 Å². The predicted octanol–water partition coefficient (Wildman–Crippen LogP) is 14.1. The van der Waals surface area contributed by atoms with Gasteiger partial charge in [-0.1, -0.05) is 126 Å². The van der Waals surface area contributed by atoms with Crippen molar-refractivity contribution in [3.8, 4) is 0 Å². The third-order valence-electron chi connectivity index (χ3n) is 18.9. The van der Waals surface area contributed by atoms with Crippen molar-refractivity contribution >= 4 is 164 Å². The van der Waals surface area contributed by atoms with Gasteiger partial charge < -0.3 is 19.6 Å². The van der Waals surface area contributed by atoms with Crippen LogP contribution in [0.15, 0.2) is 173 Å². The summed E-state index contributed by atoms with van der Waals surface area (Å²) in [6.45, 7) is 6.85. The molecule has 0 N–H and O–H groups in total. The van der Waals surface area contributed by atoms with E-state index in [2.05, 4.69) is 22.9 Å². The summed E-state index contributed by atoms with van der Waals surface area (Å²) in [7, 11) is 15.4. The van der Waals surface area contributed by atoms with Crippen molar-refractivity contribution in [1.29, 1.82) is 0 Å². The highest BCUT2D eigenvalue weighted by atomic mass is 79.9. The number of imide groups is 5. The van der Waals surface area contributed by atoms with Crippen LogP contribution >= 0.6 is 51.1 Å². The quantitative estimate of drug-likeness (QED) is 0.0420. The first kappa shape index (κ1) is 77.6. The van der Waals surface area contributed by atoms with Crippen LogP contribution in [0.2, 0.25) is 5.02 Å². The van der Waals surface area contributed by atoms with Crippen LogP contribution in [0, 0.1) is 0 Å². The number of hydrogen-bond acceptors (Lipinski definition) is 16. The molecule has 106 heavy (non-hydrogen) atoms. The molecule has 5 aliphatic heterocycles. The largest absolute Gasteiger partial charge is 0.308 e. The molecule has 0 saturated heterocycles. The van der Waals surface area contributed by atoms with E-state index in [0.29, 0.717) is 125 Å². The monoisotopic (exact) mass is 1540 g/mol. The van der Waals surface area contributed by atoms with Gasteiger partial charge in [0.05, 0.1) is 0 Å². The topological polar surface area (TPSA) is 200 Å². The first-order valence-electron chi connectivity index (χ1n) is 34.9. The second-order valence-corrected chi connectivity index (χ2v) is 30.5. The Balaban J connectivity index is 0.000000133. The minimum absolute atomic E-state index is 0.177. The van der Waals surface area contributed by atoms with Gasteiger partial charge in [0.2, 0.25) is 0 Å². The molecule has 5 heterocycles. The first-order valence-corrected chi connectivity index (χ1v) is 38.5. The number of nitrogens with zero attached hydrogens (tertiary/aromatic N) is 9. The molecular formula is C83H83BrClN9O10S2. The normalized spacial score (nSPS) is 14.3. The van der Waals surface area contributed by atoms with Gasteiger partial charge >= 0.3 is 0 Å². The molecule has 0 aromatic heterocycles. The molecule has 0 fully saturated rings. The second kappa shape index (κ2) is 34.0. The molecule has 0 spiro atoms. The molecule has 546 valence electrons. The van der Waals surface area contributed by atoms with Crippen LogP contribution in [0.4, 0.5) is 0 Å². The lowest BCUT2D eigenvalue weighted by atomic mass is 9.94. The van der Waals surface area contributed by atoms with Crippen LogP contribution in [0.1, 0.15) is 123 Å². The molecule has 15 rings (SSSR count). The van der Waals surface area contributed by atoms with E-state index in [-0.39, 0.29) is 59.1 Å². The van der Waals surface area contributed by atoms with Gasteiger partial charge in [-0.05, 0) is 175 Å². The summed E-state index contributed by atoms with van der Waals surface area (Å²) in [4.78, 5) is 142. The van der Waals surface area contributed by atoms with Crippen LogP contribution in [0.25, 0.3) is 53.9 Å². The number of unbranched alkanes of at least 4 members (excludes halogenated alkanes) is 1. The minimum Gasteiger partial charge on any atom is -0.308 e. The molecule has 10 amide bonds. The zero-order valence-electron chi connectivity index (χ0n) is 61.0. The number of benzene rings is 10. The van der Waals surface area contributed by atoms with Crippen molar-refractivity contribution in [2.24, 2.45) is 0 Å². The van der Waals surface area contributed by atoms with E-state index in [1.807, 2.05) is 185 Å². The fourth-order valence-corrected chi connectivity index (χ4v) is 15.5. The van der Waals surface area contributed by atoms with Gasteiger partial charge in [0.25, 0.3) is 59.1 Å². The van der Waals surface area contributed by atoms with Gasteiger partial charge in [0.1, 0.15) is 0 Å². The minimum atomic E-state index is -0.248. The molecule has 5 aliphatic rings. The van der Waals surface area contributed by atoms with E-state index in [4.69, 9.17) is 11.6 Å². The summed E-state index contributed by atoms with van der Waals surface area (Å²) in [5, 5.41) is 8.92. The number of likely N-dealkylation sites (N-methyl/N-ethyl adjacent to an activating group) is 4. The molecule has 0 aliphatic carbocycles. The summed E-state index contributed by atoms with van der Waals surface area (Å²) >= 11 is 13.1. The summed E-state index contributed by atoms with van der Waals surface area (Å²) in [5.41, 5.74) is 6.08. The highest BCUT2D eigenvalue weighted by molar-refractivity contribution is 9.10. The van der Waals surface area contributed by atoms with E-state index in [1.54, 1.807) is 84.2 Å². The number of hydrogen-bond donors (Lipinski definition) is 0. The molecule has 10 aromatic rings. The average molecular weight is 1550 g/mol. The lowest BCUT2D eigenvalue weighted by Gasteiger charge is -2.28. The maximum absolute atomic E-state index is 12.9. The molecule has 23 heteroatoms. The Morgan fingerprint density at radius 2 is 0.613 bits per heavy atom. The van der Waals surface area contributed by atoms with E-state index in [9.17, 15) is 47.9 Å². The van der Waals surface area contributed by atoms with E-state index in [1.165, 1.54) is 24.5 Å². The zero-order chi connectivity index (χ0) is 75.9. The Morgan fingerprint density at radius 3 is 0.962 bits per heavy atom. The van der Waals surface area contributed by atoms with Gasteiger partial charge in [-0.25, -0.2) is 0 Å². The number of thioether (sulfide) groups is 2. The Kier molecular flexibility index (Phi) is 24.9. The average Bonchev–Trinajstić information content (AvgIpc) is 0.776. The van der Waals surface area contributed by atoms with Crippen LogP contribution in [-0.4, -0.2) is 236 Å². The lowest BCUT2D eigenvalue weighted by Crippen LogP contribution is -2.43. The Bertz CT molecular complexity index is 4910. The van der Waals surface area contributed by atoms with Crippen LogP contribution in [-0.2, 0) is 0 Å². The van der Waals surface area contributed by atoms with Crippen LogP contribution in [0.5, 0.6) is 0 Å². The highest BCUT2D eigenvalue weighted by Gasteiger charge is 2.38. The maximum atomic E-state index is 12.9. The van der Waals surface area contributed by atoms with Crippen LogP contribution < -0.4 is 0 Å². The third-order valence-corrected chi connectivity index (χ3v) is 21.7. The Hall–Kier alpha value is -9.49. The summed E-state index contributed by atoms with van der Waals surface area (Å²) in [5.74, 6) is -0.211. The van der Waals surface area contributed by atoms with Gasteiger partial charge in [-0.15, -0.1) is 11.8 Å². The third kappa shape index (κ3) is 15.8. The number of halogens is 2. The summed E-state index contributed by atoms with van der Waals surface area (Å²) in [6.07, 6.45) is 4.28. The van der Waals surface area contributed by atoms with Crippen molar-refractivity contribution in [2.75, 3.05) is 133 Å². The number of carbonyl (C=O) groups excluding carboxylic acids is 10. The summed E-state index contributed by atoms with van der Waals surface area (Å²) < 4.78 is 0.894. The summed E-state index contributed by atoms with van der Waals surface area (Å²) in [6, 6.07) is 50.0. The highest BCUT2D eigenvalue weighted by Crippen LogP contribution is 2.39. The number of carbonyl (C=O) groups is 10. The van der Waals surface area contributed by atoms with Crippen molar-refractivity contribution in [3.05, 3.63) is 229 Å². The standard InChI is InChI=1S/C20H24N2O2S.C16H15BrN2O2.C16H15ClN2O2.C16H16N2O2.C15H13NO2S/c1-4-5-13-25-17-10-9-16-18-14(17)7-6-8-15(18)19(23)22(20(16)24)12-11-21(2)3;2*1-18(2)8-9-19-15(20)11-5-3-4-10-13(17)7-6-12(14(10)11)16(19)21;1-17(2)9-10-18-15(19)12-7-3-5-11-6-4-8-13(14(11)12)16(18)20;1-19-9-8-16-14(17)11-6-2-4-10-5-3-7-12(13(10)11)15(16)18/h6-10H,4-5,11-13H2,1-3H3;2*3-7H,8-9H2,1-2H3;3-8H,9-10H2,1-2H3;2-7H,8-9H2,1H3. The molecule has 19 nitrogen and oxygen atoms in total. The second-order valence-electron chi connectivity index (χ2n) is 27.1. The van der Waals surface area contributed by atoms with E-state index >= 15 is 0 Å². The fraction of sp³-hybridized carbons (Fsp3) is 0.277. The van der Waals surface area contributed by atoms with Gasteiger partial charge in [-0.2, -0.15) is 11.8 Å². The molecule has 0 atom stereocenters. The van der Waals surface area contributed by atoms with Gasteiger partial charge in [0, 0.05) is 167 Å². The molecule has 10 aromatic carbocycles. The zero-order valence-corrected chi connectivity index (χ0v) is 64.9. The first-order chi connectivity index (χ1) is 50.9. The number of rotatable bonds is 19. The lowest BCUT2D eigenvalue weighted by molar-refractivity contribution is 0.0585. The smallest absolute Gasteiger partial charge is 0.261 e. The van der Waals surface area contributed by atoms with E-state index in [0.717, 1.165) is 82.2 Å².